The Labute approximate surface area is 192 Å². The second-order valence-electron chi connectivity index (χ2n) is 8.37. The molecule has 7 heteroatoms. The van der Waals surface area contributed by atoms with Gasteiger partial charge in [-0.2, -0.15) is 5.10 Å². The van der Waals surface area contributed by atoms with E-state index in [1.54, 1.807) is 12.1 Å². The Morgan fingerprint density at radius 3 is 2.48 bits per heavy atom. The van der Waals surface area contributed by atoms with Crippen molar-refractivity contribution in [3.63, 3.8) is 0 Å². The van der Waals surface area contributed by atoms with E-state index in [1.165, 1.54) is 14.2 Å². The highest BCUT2D eigenvalue weighted by Crippen LogP contribution is 2.50. The molecular formula is C26H26N2O5. The molecular weight excluding hydrogens is 420 g/mol. The number of nitrogens with zero attached hydrogens (tertiary/aromatic N) is 2. The minimum Gasteiger partial charge on any atom is -0.502 e. The molecule has 0 radical (unpaired) electrons. The van der Waals surface area contributed by atoms with Gasteiger partial charge in [0, 0.05) is 29.9 Å². The van der Waals surface area contributed by atoms with E-state index in [0.717, 1.165) is 28.8 Å². The lowest BCUT2D eigenvalue weighted by molar-refractivity contribution is -0.116. The number of rotatable bonds is 5. The number of hydrogen-bond donors (Lipinski definition) is 1. The molecule has 0 saturated carbocycles. The van der Waals surface area contributed by atoms with Gasteiger partial charge in [0.15, 0.2) is 17.3 Å². The van der Waals surface area contributed by atoms with Gasteiger partial charge in [0.05, 0.1) is 26.5 Å². The fraction of sp³-hybridized carbons (Fsp3) is 0.308. The van der Waals surface area contributed by atoms with Crippen LogP contribution in [0.1, 0.15) is 47.6 Å². The van der Waals surface area contributed by atoms with Crippen LogP contribution in [0.4, 0.5) is 0 Å². The average molecular weight is 447 g/mol. The third-order valence-corrected chi connectivity index (χ3v) is 6.34. The summed E-state index contributed by atoms with van der Waals surface area (Å²) in [5.74, 6) is 1.55. The van der Waals surface area contributed by atoms with Gasteiger partial charge >= 0.3 is 0 Å². The number of methoxy groups -OCH3 is 2. The number of aromatic nitrogens is 2. The lowest BCUT2D eigenvalue weighted by Gasteiger charge is -2.32. The molecule has 2 aromatic carbocycles. The van der Waals surface area contributed by atoms with Crippen LogP contribution in [0.2, 0.25) is 0 Å². The molecule has 0 unspecified atom stereocenters. The maximum atomic E-state index is 13.1. The first-order chi connectivity index (χ1) is 16.0. The number of hydrogen-bond acceptors (Lipinski definition) is 6. The number of ether oxygens (including phenoxy) is 3. The zero-order valence-corrected chi connectivity index (χ0v) is 18.9. The fourth-order valence-corrected chi connectivity index (χ4v) is 4.81. The Morgan fingerprint density at radius 2 is 1.82 bits per heavy atom. The predicted octanol–water partition coefficient (Wildman–Crippen LogP) is 4.49. The Balaban J connectivity index is 1.71. The first kappa shape index (κ1) is 21.1. The summed E-state index contributed by atoms with van der Waals surface area (Å²) in [6.45, 7) is 2.49. The molecule has 1 aliphatic carbocycles. The van der Waals surface area contributed by atoms with Crippen LogP contribution < -0.4 is 14.2 Å². The number of aromatic hydroxyl groups is 1. The lowest BCUT2D eigenvalue weighted by atomic mass is 9.77. The van der Waals surface area contributed by atoms with Crippen LogP contribution in [-0.2, 0) is 11.3 Å². The van der Waals surface area contributed by atoms with Crippen molar-refractivity contribution in [1.29, 1.82) is 0 Å². The van der Waals surface area contributed by atoms with Gasteiger partial charge < -0.3 is 19.3 Å². The number of aryl methyl sites for hydroxylation is 1. The molecule has 0 amide bonds. The highest BCUT2D eigenvalue weighted by Gasteiger charge is 2.40. The van der Waals surface area contributed by atoms with Gasteiger partial charge in [-0.05, 0) is 36.6 Å². The molecule has 2 aliphatic rings. The third-order valence-electron chi connectivity index (χ3n) is 6.34. The highest BCUT2D eigenvalue weighted by molar-refractivity contribution is 5.99. The van der Waals surface area contributed by atoms with Crippen molar-refractivity contribution in [2.45, 2.75) is 38.6 Å². The third kappa shape index (κ3) is 3.53. The molecule has 2 heterocycles. The van der Waals surface area contributed by atoms with Crippen molar-refractivity contribution in [2.24, 2.45) is 0 Å². The van der Waals surface area contributed by atoms with E-state index in [4.69, 9.17) is 19.3 Å². The molecule has 1 atom stereocenters. The Morgan fingerprint density at radius 1 is 1.12 bits per heavy atom. The molecule has 0 saturated heterocycles. The van der Waals surface area contributed by atoms with E-state index in [9.17, 15) is 9.90 Å². The number of fused-ring (bicyclic) bond motifs is 1. The number of phenolic OH excluding ortho intramolecular Hbond substituents is 1. The monoisotopic (exact) mass is 446 g/mol. The normalized spacial score (nSPS) is 17.3. The summed E-state index contributed by atoms with van der Waals surface area (Å²) in [6.07, 6.45) is 1.93. The second kappa shape index (κ2) is 8.31. The van der Waals surface area contributed by atoms with Gasteiger partial charge in [0.2, 0.25) is 11.6 Å². The van der Waals surface area contributed by atoms with Crippen molar-refractivity contribution in [3.05, 3.63) is 76.2 Å². The summed E-state index contributed by atoms with van der Waals surface area (Å²) in [6, 6.07) is 13.6. The summed E-state index contributed by atoms with van der Waals surface area (Å²) in [4.78, 5) is 13.1. The number of ketones is 1. The Hall–Kier alpha value is -3.74. The van der Waals surface area contributed by atoms with E-state index in [2.05, 4.69) is 0 Å². The van der Waals surface area contributed by atoms with Crippen LogP contribution in [0.3, 0.4) is 0 Å². The minimum absolute atomic E-state index is 0.0725. The molecule has 170 valence electrons. The zero-order chi connectivity index (χ0) is 23.1. The number of carbonyl (C=O) groups is 1. The molecule has 5 rings (SSSR count). The van der Waals surface area contributed by atoms with Crippen molar-refractivity contribution in [1.82, 2.24) is 9.78 Å². The number of phenols is 1. The second-order valence-corrected chi connectivity index (χ2v) is 8.37. The molecule has 1 aliphatic heterocycles. The quantitative estimate of drug-likeness (QED) is 0.622. The molecule has 1 aromatic heterocycles. The van der Waals surface area contributed by atoms with Gasteiger partial charge in [-0.15, -0.1) is 0 Å². The molecule has 0 fully saturated rings. The number of Topliss-reactive ketones (excluding diaryl/α,β-unsaturated/α-hetero) is 1. The summed E-state index contributed by atoms with van der Waals surface area (Å²) in [5.41, 5.74) is 4.20. The van der Waals surface area contributed by atoms with E-state index >= 15 is 0 Å². The molecule has 0 bridgehead atoms. The van der Waals surface area contributed by atoms with Crippen LogP contribution in [0.15, 0.2) is 53.8 Å². The zero-order valence-electron chi connectivity index (χ0n) is 18.9. The first-order valence-corrected chi connectivity index (χ1v) is 11.0. The maximum absolute atomic E-state index is 13.1. The molecule has 7 nitrogen and oxygen atoms in total. The molecule has 1 N–H and O–H groups in total. The molecule has 3 aromatic rings. The largest absolute Gasteiger partial charge is 0.502 e. The van der Waals surface area contributed by atoms with Gasteiger partial charge in [0.25, 0.3) is 0 Å². The molecule has 33 heavy (non-hydrogen) atoms. The molecule has 0 spiro atoms. The summed E-state index contributed by atoms with van der Waals surface area (Å²) < 4.78 is 19.0. The Kier molecular flexibility index (Phi) is 5.32. The standard InChI is InChI=1S/C26H26N2O5/c1-15-22-23(17-12-20(31-2)25(30)21(13-17)32-3)24-18(29)10-7-11-19(24)33-26(22)28(27-15)14-16-8-5-4-6-9-16/h4-6,8-9,12-13,23,30H,7,10-11,14H2,1-3H3/t23-/m0/s1. The van der Waals surface area contributed by atoms with E-state index in [0.29, 0.717) is 36.6 Å². The number of carbonyl (C=O) groups excluding carboxylic acids is 1. The van der Waals surface area contributed by atoms with Crippen LogP contribution in [0.25, 0.3) is 0 Å². The van der Waals surface area contributed by atoms with Crippen molar-refractivity contribution >= 4 is 5.78 Å². The average Bonchev–Trinajstić information content (AvgIpc) is 3.13. The van der Waals surface area contributed by atoms with Crippen molar-refractivity contribution in [3.8, 4) is 23.1 Å². The Bertz CT molecular complexity index is 1230. The van der Waals surface area contributed by atoms with Gasteiger partial charge in [-0.1, -0.05) is 30.3 Å². The van der Waals surface area contributed by atoms with Crippen molar-refractivity contribution < 1.29 is 24.1 Å². The summed E-state index contributed by atoms with van der Waals surface area (Å²) in [5, 5.41) is 15.2. The minimum atomic E-state index is -0.385. The first-order valence-electron chi connectivity index (χ1n) is 11.0. The summed E-state index contributed by atoms with van der Waals surface area (Å²) in [7, 11) is 2.99. The van der Waals surface area contributed by atoms with E-state index in [1.807, 2.05) is 41.9 Å². The summed E-state index contributed by atoms with van der Waals surface area (Å²) >= 11 is 0. The predicted molar refractivity (Wildman–Crippen MR) is 122 cm³/mol. The number of allylic oxidation sites excluding steroid dienone is 2. The highest BCUT2D eigenvalue weighted by atomic mass is 16.5. The SMILES string of the molecule is COc1cc([C@@H]2C3=C(CCCC3=O)Oc3c2c(C)nn3Cc2ccccc2)cc(OC)c1O. The van der Waals surface area contributed by atoms with Gasteiger partial charge in [-0.3, -0.25) is 4.79 Å². The van der Waals surface area contributed by atoms with Gasteiger partial charge in [0.1, 0.15) is 5.76 Å². The van der Waals surface area contributed by atoms with Crippen molar-refractivity contribution in [2.75, 3.05) is 14.2 Å². The van der Waals surface area contributed by atoms with Crippen LogP contribution in [0.5, 0.6) is 23.1 Å². The lowest BCUT2D eigenvalue weighted by Crippen LogP contribution is -2.26. The van der Waals surface area contributed by atoms with Gasteiger partial charge in [-0.25, -0.2) is 4.68 Å². The smallest absolute Gasteiger partial charge is 0.222 e. The van der Waals surface area contributed by atoms with Crippen LogP contribution >= 0.6 is 0 Å². The maximum Gasteiger partial charge on any atom is 0.222 e. The van der Waals surface area contributed by atoms with E-state index in [-0.39, 0.29) is 28.9 Å². The van der Waals surface area contributed by atoms with E-state index < -0.39 is 0 Å². The number of benzene rings is 2. The van der Waals surface area contributed by atoms with Crippen LogP contribution in [0, 0.1) is 6.92 Å². The fourth-order valence-electron chi connectivity index (χ4n) is 4.81. The van der Waals surface area contributed by atoms with Crippen LogP contribution in [-0.4, -0.2) is 34.9 Å². The topological polar surface area (TPSA) is 82.8 Å².